The molecule has 2 fully saturated rings. The zero-order valence-electron chi connectivity index (χ0n) is 16.2. The first kappa shape index (κ1) is 20.9. The highest BCUT2D eigenvalue weighted by atomic mass is 79.9. The van der Waals surface area contributed by atoms with Crippen molar-refractivity contribution in [2.45, 2.75) is 13.0 Å². The minimum Gasteiger partial charge on any atom is -0.487 e. The number of amides is 2. The van der Waals surface area contributed by atoms with Crippen molar-refractivity contribution in [3.05, 3.63) is 73.6 Å². The summed E-state index contributed by atoms with van der Waals surface area (Å²) in [5, 5.41) is 5.77. The molecule has 5 rings (SSSR count). The van der Waals surface area contributed by atoms with Crippen LogP contribution in [-0.2, 0) is 16.2 Å². The van der Waals surface area contributed by atoms with Gasteiger partial charge in [0.2, 0.25) is 0 Å². The van der Waals surface area contributed by atoms with Crippen LogP contribution >= 0.6 is 43.5 Å². The lowest BCUT2D eigenvalue weighted by Crippen LogP contribution is -2.28. The van der Waals surface area contributed by atoms with Gasteiger partial charge in [0.25, 0.3) is 11.8 Å². The van der Waals surface area contributed by atoms with Crippen LogP contribution in [0.15, 0.2) is 62.6 Å². The van der Waals surface area contributed by atoms with Crippen molar-refractivity contribution < 1.29 is 14.3 Å². The fourth-order valence-corrected chi connectivity index (χ4v) is 5.90. The van der Waals surface area contributed by atoms with Gasteiger partial charge in [0.15, 0.2) is 0 Å². The van der Waals surface area contributed by atoms with Crippen LogP contribution in [0.2, 0.25) is 5.02 Å². The van der Waals surface area contributed by atoms with Gasteiger partial charge in [-0.15, -0.1) is 0 Å². The number of hydrogen-bond acceptors (Lipinski definition) is 4. The molecule has 1 aliphatic heterocycles. The van der Waals surface area contributed by atoms with E-state index in [1.54, 1.807) is 12.1 Å². The lowest BCUT2D eigenvalue weighted by atomic mass is 9.85. The minimum atomic E-state index is -0.279. The molecule has 1 heterocycles. The summed E-state index contributed by atoms with van der Waals surface area (Å²) in [6.07, 6.45) is 6.48. The predicted octanol–water partition coefficient (Wildman–Crippen LogP) is 5.59. The van der Waals surface area contributed by atoms with E-state index in [0.29, 0.717) is 27.4 Å². The van der Waals surface area contributed by atoms with E-state index in [2.05, 4.69) is 49.1 Å². The molecule has 31 heavy (non-hydrogen) atoms. The maximum absolute atomic E-state index is 12.9. The van der Waals surface area contributed by atoms with Gasteiger partial charge in [-0.2, -0.15) is 10.1 Å². The third-order valence-electron chi connectivity index (χ3n) is 6.09. The number of ether oxygens (including phenoxy) is 1. The molecule has 0 radical (unpaired) electrons. The van der Waals surface area contributed by atoms with E-state index in [0.717, 1.165) is 21.5 Å². The molecule has 0 N–H and O–H groups in total. The Morgan fingerprint density at radius 3 is 2.35 bits per heavy atom. The van der Waals surface area contributed by atoms with Crippen LogP contribution in [0.4, 0.5) is 0 Å². The molecule has 2 bridgehead atoms. The third kappa shape index (κ3) is 3.77. The Morgan fingerprint density at radius 1 is 1.06 bits per heavy atom. The van der Waals surface area contributed by atoms with Crippen LogP contribution in [0, 0.1) is 23.7 Å². The Kier molecular flexibility index (Phi) is 5.52. The predicted molar refractivity (Wildman–Crippen MR) is 125 cm³/mol. The van der Waals surface area contributed by atoms with Gasteiger partial charge in [0, 0.05) is 15.1 Å². The number of hydrogen-bond donors (Lipinski definition) is 0. The summed E-state index contributed by atoms with van der Waals surface area (Å²) in [5.41, 5.74) is 1.57. The smallest absolute Gasteiger partial charge is 0.254 e. The SMILES string of the molecule is O=C1[C@@H]2[C@H](C(=O)N1N=Cc1cc(Cl)cc(Br)c1OCc1ccc(Br)cc1)[C@H]1C=C[C@H]2C1. The Bertz CT molecular complexity index is 1100. The van der Waals surface area contributed by atoms with E-state index in [-0.39, 0.29) is 35.5 Å². The lowest BCUT2D eigenvalue weighted by Gasteiger charge is -2.14. The van der Waals surface area contributed by atoms with Gasteiger partial charge in [0.1, 0.15) is 12.4 Å². The average molecular weight is 565 g/mol. The van der Waals surface area contributed by atoms with Gasteiger partial charge < -0.3 is 4.74 Å². The fraction of sp³-hybridized carbons (Fsp3) is 0.261. The van der Waals surface area contributed by atoms with Gasteiger partial charge in [0.05, 0.1) is 22.5 Å². The van der Waals surface area contributed by atoms with E-state index < -0.39 is 0 Å². The number of allylic oxidation sites excluding steroid dienone is 2. The van der Waals surface area contributed by atoms with E-state index in [1.165, 1.54) is 6.21 Å². The fourth-order valence-electron chi connectivity index (χ4n) is 4.68. The molecule has 0 spiro atoms. The van der Waals surface area contributed by atoms with E-state index in [1.807, 2.05) is 24.3 Å². The van der Waals surface area contributed by atoms with Crippen molar-refractivity contribution in [2.24, 2.45) is 28.8 Å². The summed E-state index contributed by atoms with van der Waals surface area (Å²) in [5.74, 6) is -0.161. The Labute approximate surface area is 201 Å². The first-order valence-corrected chi connectivity index (χ1v) is 11.8. The molecule has 1 saturated heterocycles. The molecule has 2 amide bonds. The van der Waals surface area contributed by atoms with Gasteiger partial charge in [-0.05, 0) is 64.0 Å². The molecular weight excluding hydrogens is 548 g/mol. The van der Waals surface area contributed by atoms with Crippen LogP contribution < -0.4 is 4.74 Å². The first-order chi connectivity index (χ1) is 14.9. The standard InChI is InChI=1S/C23H17Br2ClN2O3/c24-16-5-1-12(2-6-16)11-31-21-15(8-17(26)9-18(21)25)10-27-28-22(29)19-13-3-4-14(7-13)20(19)23(28)30/h1-6,8-10,13-14,19-20H,7,11H2/t13-,14-,19-,20+/m0/s1. The van der Waals surface area contributed by atoms with E-state index in [9.17, 15) is 9.59 Å². The Balaban J connectivity index is 1.39. The monoisotopic (exact) mass is 562 g/mol. The summed E-state index contributed by atoms with van der Waals surface area (Å²) < 4.78 is 7.68. The molecule has 8 heteroatoms. The van der Waals surface area contributed by atoms with Crippen molar-refractivity contribution in [2.75, 3.05) is 0 Å². The largest absolute Gasteiger partial charge is 0.487 e. The third-order valence-corrected chi connectivity index (χ3v) is 7.43. The number of rotatable bonds is 5. The van der Waals surface area contributed by atoms with Crippen molar-refractivity contribution in [1.82, 2.24) is 5.01 Å². The maximum Gasteiger partial charge on any atom is 0.254 e. The van der Waals surface area contributed by atoms with Crippen molar-refractivity contribution in [3.63, 3.8) is 0 Å². The molecule has 2 aliphatic carbocycles. The minimum absolute atomic E-state index is 0.150. The molecule has 2 aromatic rings. The summed E-state index contributed by atoms with van der Waals surface area (Å²) in [6, 6.07) is 11.2. The van der Waals surface area contributed by atoms with Gasteiger partial charge in [-0.3, -0.25) is 9.59 Å². The molecule has 158 valence electrons. The van der Waals surface area contributed by atoms with Crippen LogP contribution in [0.3, 0.4) is 0 Å². The Morgan fingerprint density at radius 2 is 1.71 bits per heavy atom. The number of carbonyl (C=O) groups is 2. The maximum atomic E-state index is 12.9. The van der Waals surface area contributed by atoms with E-state index in [4.69, 9.17) is 16.3 Å². The topological polar surface area (TPSA) is 59.0 Å². The first-order valence-electron chi connectivity index (χ1n) is 9.89. The molecule has 0 aromatic heterocycles. The molecule has 1 saturated carbocycles. The van der Waals surface area contributed by atoms with Crippen LogP contribution in [-0.4, -0.2) is 23.0 Å². The zero-order valence-corrected chi connectivity index (χ0v) is 20.1. The highest BCUT2D eigenvalue weighted by Gasteiger charge is 2.59. The molecule has 4 atom stereocenters. The number of benzene rings is 2. The second-order valence-electron chi connectivity index (χ2n) is 7.95. The second-order valence-corrected chi connectivity index (χ2v) is 10.2. The summed E-state index contributed by atoms with van der Waals surface area (Å²) in [4.78, 5) is 25.7. The van der Waals surface area contributed by atoms with Crippen molar-refractivity contribution in [1.29, 1.82) is 0 Å². The number of nitrogens with zero attached hydrogens (tertiary/aromatic N) is 2. The van der Waals surface area contributed by atoms with Gasteiger partial charge in [-0.1, -0.05) is 51.8 Å². The zero-order chi connectivity index (χ0) is 21.7. The van der Waals surface area contributed by atoms with Crippen molar-refractivity contribution in [3.8, 4) is 5.75 Å². The van der Waals surface area contributed by atoms with Crippen molar-refractivity contribution >= 4 is 61.5 Å². The van der Waals surface area contributed by atoms with Crippen LogP contribution in [0.1, 0.15) is 17.5 Å². The number of halogens is 3. The van der Waals surface area contributed by atoms with Gasteiger partial charge >= 0.3 is 0 Å². The summed E-state index contributed by atoms with van der Waals surface area (Å²) in [6.45, 7) is 0.342. The quantitative estimate of drug-likeness (QED) is 0.271. The lowest BCUT2D eigenvalue weighted by molar-refractivity contribution is -0.140. The number of fused-ring (bicyclic) bond motifs is 5. The number of carbonyl (C=O) groups excluding carboxylic acids is 2. The highest BCUT2D eigenvalue weighted by molar-refractivity contribution is 9.10. The summed E-state index contributed by atoms with van der Waals surface area (Å²) >= 11 is 13.1. The normalized spacial score (nSPS) is 26.4. The number of imide groups is 1. The molecule has 5 nitrogen and oxygen atoms in total. The molecule has 0 unspecified atom stereocenters. The Hall–Kier alpha value is -1.96. The van der Waals surface area contributed by atoms with E-state index >= 15 is 0 Å². The molecule has 2 aromatic carbocycles. The summed E-state index contributed by atoms with van der Waals surface area (Å²) in [7, 11) is 0. The van der Waals surface area contributed by atoms with Crippen LogP contribution in [0.5, 0.6) is 5.75 Å². The average Bonchev–Trinajstić information content (AvgIpc) is 3.41. The van der Waals surface area contributed by atoms with Gasteiger partial charge in [-0.25, -0.2) is 0 Å². The highest BCUT2D eigenvalue weighted by Crippen LogP contribution is 2.52. The molecular formula is C23H17Br2ClN2O3. The second kappa shape index (κ2) is 8.19. The number of hydrazone groups is 1. The molecule has 3 aliphatic rings. The van der Waals surface area contributed by atoms with Crippen LogP contribution in [0.25, 0.3) is 0 Å².